The lowest BCUT2D eigenvalue weighted by molar-refractivity contribution is 0.556. The van der Waals surface area contributed by atoms with Crippen molar-refractivity contribution >= 4 is 27.1 Å². The number of halogens is 3. The van der Waals surface area contributed by atoms with Gasteiger partial charge in [-0.2, -0.15) is 0 Å². The van der Waals surface area contributed by atoms with E-state index in [1.54, 1.807) is 0 Å². The first-order valence-electron chi connectivity index (χ1n) is 5.52. The Hall–Kier alpha value is -1.66. The Bertz CT molecular complexity index is 722. The first kappa shape index (κ1) is 14.7. The van der Waals surface area contributed by atoms with Crippen LogP contribution in [-0.4, -0.2) is 8.42 Å². The third-order valence-electron chi connectivity index (χ3n) is 2.70. The van der Waals surface area contributed by atoms with Crippen molar-refractivity contribution in [1.29, 1.82) is 0 Å². The van der Waals surface area contributed by atoms with Crippen LogP contribution in [0.2, 0.25) is 5.02 Å². The molecule has 0 atom stereocenters. The summed E-state index contributed by atoms with van der Waals surface area (Å²) in [5, 5.41) is -0.0817. The minimum Gasteiger partial charge on any atom is -0.398 e. The smallest absolute Gasteiger partial charge is 0.186 e. The molecule has 0 radical (unpaired) electrons. The molecule has 0 unspecified atom stereocenters. The van der Waals surface area contributed by atoms with Crippen LogP contribution in [-0.2, 0) is 15.6 Å². The van der Waals surface area contributed by atoms with E-state index in [4.69, 9.17) is 17.3 Å². The highest BCUT2D eigenvalue weighted by atomic mass is 35.5. The molecule has 2 aromatic carbocycles. The van der Waals surface area contributed by atoms with Crippen LogP contribution >= 0.6 is 11.6 Å². The first-order chi connectivity index (χ1) is 9.33. The number of anilines is 1. The van der Waals surface area contributed by atoms with Crippen molar-refractivity contribution in [2.24, 2.45) is 0 Å². The van der Waals surface area contributed by atoms with Crippen molar-refractivity contribution < 1.29 is 17.2 Å². The van der Waals surface area contributed by atoms with Gasteiger partial charge in [0.1, 0.15) is 16.5 Å². The third kappa shape index (κ3) is 2.76. The van der Waals surface area contributed by atoms with Gasteiger partial charge in [0, 0.05) is 5.56 Å². The maximum Gasteiger partial charge on any atom is 0.186 e. The van der Waals surface area contributed by atoms with Crippen molar-refractivity contribution in [3.8, 4) is 0 Å². The van der Waals surface area contributed by atoms with Crippen molar-refractivity contribution in [3.05, 3.63) is 58.6 Å². The normalized spacial score (nSPS) is 11.6. The molecule has 0 bridgehead atoms. The van der Waals surface area contributed by atoms with Gasteiger partial charge in [-0.05, 0) is 24.3 Å². The van der Waals surface area contributed by atoms with Crippen LogP contribution in [0.3, 0.4) is 0 Å². The lowest BCUT2D eigenvalue weighted by atomic mass is 10.2. The summed E-state index contributed by atoms with van der Waals surface area (Å²) in [6, 6.07) is 7.33. The van der Waals surface area contributed by atoms with E-state index in [2.05, 4.69) is 0 Å². The highest BCUT2D eigenvalue weighted by Crippen LogP contribution is 2.30. The zero-order valence-electron chi connectivity index (χ0n) is 10.1. The Morgan fingerprint density at radius 3 is 2.15 bits per heavy atom. The lowest BCUT2D eigenvalue weighted by Gasteiger charge is -2.10. The highest BCUT2D eigenvalue weighted by Gasteiger charge is 2.24. The zero-order chi connectivity index (χ0) is 14.9. The van der Waals surface area contributed by atoms with Gasteiger partial charge < -0.3 is 5.73 Å². The summed E-state index contributed by atoms with van der Waals surface area (Å²) in [4.78, 5) is -0.315. The fraction of sp³-hybridized carbons (Fsp3) is 0.0769. The van der Waals surface area contributed by atoms with Crippen molar-refractivity contribution in [2.45, 2.75) is 10.6 Å². The molecule has 2 rings (SSSR count). The van der Waals surface area contributed by atoms with E-state index < -0.39 is 32.8 Å². The van der Waals surface area contributed by atoms with E-state index in [0.717, 1.165) is 18.2 Å². The molecular formula is C13H10ClF2NO2S. The minimum atomic E-state index is -4.06. The maximum atomic E-state index is 13.5. The molecule has 2 aromatic rings. The van der Waals surface area contributed by atoms with Crippen molar-refractivity contribution in [3.63, 3.8) is 0 Å². The number of rotatable bonds is 3. The average Bonchev–Trinajstić information content (AvgIpc) is 2.33. The van der Waals surface area contributed by atoms with E-state index in [9.17, 15) is 17.2 Å². The molecule has 2 N–H and O–H groups in total. The minimum absolute atomic E-state index is 0.0609. The largest absolute Gasteiger partial charge is 0.398 e. The van der Waals surface area contributed by atoms with Gasteiger partial charge in [0.05, 0.1) is 16.5 Å². The van der Waals surface area contributed by atoms with Crippen molar-refractivity contribution in [1.82, 2.24) is 0 Å². The summed E-state index contributed by atoms with van der Waals surface area (Å²) in [5.41, 5.74) is 4.99. The van der Waals surface area contributed by atoms with Crippen LogP contribution in [0, 0.1) is 11.6 Å². The van der Waals surface area contributed by atoms with Gasteiger partial charge in [-0.1, -0.05) is 23.7 Å². The predicted octanol–water partition coefficient (Wildman–Crippen LogP) is 3.17. The van der Waals surface area contributed by atoms with E-state index in [1.807, 2.05) is 0 Å². The Labute approximate surface area is 119 Å². The standard InChI is InChI=1S/C13H10ClF2NO2S/c14-9-3-1-6-12(17)13(9)20(18,19)7-8-10(15)4-2-5-11(8)16/h1-6H,7,17H2. The van der Waals surface area contributed by atoms with Gasteiger partial charge in [-0.25, -0.2) is 17.2 Å². The van der Waals surface area contributed by atoms with Gasteiger partial charge in [0.2, 0.25) is 0 Å². The fourth-order valence-corrected chi connectivity index (χ4v) is 3.91. The molecule has 0 saturated heterocycles. The molecular weight excluding hydrogens is 308 g/mol. The average molecular weight is 318 g/mol. The third-order valence-corrected chi connectivity index (χ3v) is 4.88. The Kier molecular flexibility index (Phi) is 3.96. The zero-order valence-corrected chi connectivity index (χ0v) is 11.7. The second kappa shape index (κ2) is 5.38. The molecule has 0 saturated carbocycles. The maximum absolute atomic E-state index is 13.5. The van der Waals surface area contributed by atoms with Crippen LogP contribution in [0.1, 0.15) is 5.56 Å². The van der Waals surface area contributed by atoms with E-state index in [0.29, 0.717) is 0 Å². The molecule has 0 amide bonds. The van der Waals surface area contributed by atoms with Gasteiger partial charge in [0.15, 0.2) is 9.84 Å². The molecule has 20 heavy (non-hydrogen) atoms. The monoisotopic (exact) mass is 317 g/mol. The number of nitrogen functional groups attached to an aromatic ring is 1. The second-order valence-corrected chi connectivity index (χ2v) is 6.45. The molecule has 0 heterocycles. The van der Waals surface area contributed by atoms with Gasteiger partial charge >= 0.3 is 0 Å². The molecule has 0 aliphatic heterocycles. The van der Waals surface area contributed by atoms with Gasteiger partial charge in [-0.3, -0.25) is 0 Å². The summed E-state index contributed by atoms with van der Waals surface area (Å²) >= 11 is 5.81. The number of hydrogen-bond donors (Lipinski definition) is 1. The molecule has 7 heteroatoms. The van der Waals surface area contributed by atoms with Gasteiger partial charge in [0.25, 0.3) is 0 Å². The summed E-state index contributed by atoms with van der Waals surface area (Å²) in [6.07, 6.45) is 0. The summed E-state index contributed by atoms with van der Waals surface area (Å²) in [6.45, 7) is 0. The number of benzene rings is 2. The number of sulfone groups is 1. The number of nitrogens with two attached hydrogens (primary N) is 1. The first-order valence-corrected chi connectivity index (χ1v) is 7.55. The molecule has 0 aliphatic rings. The molecule has 0 fully saturated rings. The Morgan fingerprint density at radius 2 is 1.60 bits per heavy atom. The van der Waals surface area contributed by atoms with E-state index >= 15 is 0 Å². The second-order valence-electron chi connectivity index (χ2n) is 4.12. The Balaban J connectivity index is 2.53. The summed E-state index contributed by atoms with van der Waals surface area (Å²) < 4.78 is 51.6. The lowest BCUT2D eigenvalue weighted by Crippen LogP contribution is -2.11. The van der Waals surface area contributed by atoms with E-state index in [1.165, 1.54) is 18.2 Å². The summed E-state index contributed by atoms with van der Waals surface area (Å²) in [7, 11) is -4.06. The van der Waals surface area contributed by atoms with Crippen LogP contribution < -0.4 is 5.73 Å². The SMILES string of the molecule is Nc1cccc(Cl)c1S(=O)(=O)Cc1c(F)cccc1F. The molecule has 0 aliphatic carbocycles. The highest BCUT2D eigenvalue weighted by molar-refractivity contribution is 7.91. The van der Waals surface area contributed by atoms with Crippen molar-refractivity contribution in [2.75, 3.05) is 5.73 Å². The van der Waals surface area contributed by atoms with E-state index in [-0.39, 0.29) is 15.6 Å². The quantitative estimate of drug-likeness (QED) is 0.884. The topological polar surface area (TPSA) is 60.2 Å². The van der Waals surface area contributed by atoms with Gasteiger partial charge in [-0.15, -0.1) is 0 Å². The molecule has 3 nitrogen and oxygen atoms in total. The van der Waals surface area contributed by atoms with Crippen LogP contribution in [0.25, 0.3) is 0 Å². The predicted molar refractivity (Wildman–Crippen MR) is 73.1 cm³/mol. The van der Waals surface area contributed by atoms with Crippen LogP contribution in [0.5, 0.6) is 0 Å². The Morgan fingerprint density at radius 1 is 1.05 bits per heavy atom. The number of hydrogen-bond acceptors (Lipinski definition) is 3. The van der Waals surface area contributed by atoms with Crippen LogP contribution in [0.4, 0.5) is 14.5 Å². The summed E-state index contributed by atoms with van der Waals surface area (Å²) in [5.74, 6) is -2.71. The fourth-order valence-electron chi connectivity index (χ4n) is 1.79. The molecule has 0 aromatic heterocycles. The van der Waals surface area contributed by atoms with Crippen LogP contribution in [0.15, 0.2) is 41.3 Å². The molecule has 0 spiro atoms. The molecule has 106 valence electrons.